The highest BCUT2D eigenvalue weighted by molar-refractivity contribution is 5.82. The number of furan rings is 1. The second-order valence-electron chi connectivity index (χ2n) is 7.24. The Morgan fingerprint density at radius 3 is 2.92 bits per heavy atom. The Labute approximate surface area is 146 Å². The van der Waals surface area contributed by atoms with E-state index < -0.39 is 0 Å². The van der Waals surface area contributed by atoms with Gasteiger partial charge in [0.05, 0.1) is 12.8 Å². The second kappa shape index (κ2) is 5.77. The summed E-state index contributed by atoms with van der Waals surface area (Å²) in [5.74, 6) is 2.22. The minimum absolute atomic E-state index is 0.180. The minimum Gasteiger partial charge on any atom is -0.467 e. The van der Waals surface area contributed by atoms with Crippen LogP contribution in [0.2, 0.25) is 0 Å². The molecule has 0 spiro atoms. The summed E-state index contributed by atoms with van der Waals surface area (Å²) in [6.45, 7) is 3.50. The fourth-order valence-electron chi connectivity index (χ4n) is 4.30. The molecule has 1 aliphatic carbocycles. The molecule has 5 rings (SSSR count). The number of hydrogen-bond donors (Lipinski definition) is 2. The summed E-state index contributed by atoms with van der Waals surface area (Å²) >= 11 is 0. The predicted molar refractivity (Wildman–Crippen MR) is 94.6 cm³/mol. The average molecular weight is 335 g/mol. The quantitative estimate of drug-likeness (QED) is 0.754. The zero-order valence-electron chi connectivity index (χ0n) is 13.9. The van der Waals surface area contributed by atoms with Crippen LogP contribution in [0.25, 0.3) is 10.9 Å². The van der Waals surface area contributed by atoms with Crippen molar-refractivity contribution in [3.63, 3.8) is 0 Å². The number of amides is 1. The lowest BCUT2D eigenvalue weighted by atomic mass is 10.1. The zero-order valence-corrected chi connectivity index (χ0v) is 13.9. The number of likely N-dealkylation sites (tertiary alicyclic amines) is 1. The number of carbonyl (C=O) groups excluding carboxylic acids is 1. The number of rotatable bonds is 5. The maximum Gasteiger partial charge on any atom is 0.224 e. The van der Waals surface area contributed by atoms with Gasteiger partial charge in [0, 0.05) is 37.3 Å². The standard InChI is InChI=1S/C20H21N3O2/c24-20(22-9-15-2-1-7-25-15)19-16-11-23(12-17(16)19)10-13-3-4-18-14(8-13)5-6-21-18/h1-8,16-17,19,21H,9-12H2,(H,22,24)/t16-,17+,19?. The van der Waals surface area contributed by atoms with Crippen molar-refractivity contribution in [3.05, 3.63) is 60.2 Å². The number of fused-ring (bicyclic) bond motifs is 2. The molecule has 0 bridgehead atoms. The summed E-state index contributed by atoms with van der Waals surface area (Å²) in [4.78, 5) is 18.0. The second-order valence-corrected chi connectivity index (χ2v) is 7.24. The fraction of sp³-hybridized carbons (Fsp3) is 0.350. The van der Waals surface area contributed by atoms with E-state index in [9.17, 15) is 4.79 Å². The molecular weight excluding hydrogens is 314 g/mol. The van der Waals surface area contributed by atoms with Gasteiger partial charge in [0.25, 0.3) is 0 Å². The van der Waals surface area contributed by atoms with Crippen LogP contribution < -0.4 is 5.32 Å². The first kappa shape index (κ1) is 14.8. The molecule has 1 saturated heterocycles. The monoisotopic (exact) mass is 335 g/mol. The molecule has 2 aromatic heterocycles. The maximum absolute atomic E-state index is 12.3. The molecule has 2 aliphatic rings. The first-order valence-corrected chi connectivity index (χ1v) is 8.86. The maximum atomic E-state index is 12.3. The number of aromatic nitrogens is 1. The lowest BCUT2D eigenvalue weighted by molar-refractivity contribution is -0.123. The zero-order chi connectivity index (χ0) is 16.8. The van der Waals surface area contributed by atoms with Gasteiger partial charge in [-0.15, -0.1) is 0 Å². The van der Waals surface area contributed by atoms with Crippen molar-refractivity contribution in [2.75, 3.05) is 13.1 Å². The van der Waals surface area contributed by atoms with Crippen LogP contribution in [-0.2, 0) is 17.9 Å². The number of H-pyrrole nitrogens is 1. The highest BCUT2D eigenvalue weighted by Gasteiger charge is 2.59. The van der Waals surface area contributed by atoms with Gasteiger partial charge in [0.2, 0.25) is 5.91 Å². The van der Waals surface area contributed by atoms with Gasteiger partial charge in [-0.05, 0) is 53.1 Å². The summed E-state index contributed by atoms with van der Waals surface area (Å²) in [5.41, 5.74) is 2.52. The summed E-state index contributed by atoms with van der Waals surface area (Å²) < 4.78 is 5.26. The normalized spacial score (nSPS) is 25.2. The third-order valence-corrected chi connectivity index (χ3v) is 5.61. The number of benzene rings is 1. The Bertz CT molecular complexity index is 887. The van der Waals surface area contributed by atoms with Gasteiger partial charge >= 0.3 is 0 Å². The van der Waals surface area contributed by atoms with Crippen LogP contribution in [0.4, 0.5) is 0 Å². The molecule has 128 valence electrons. The Balaban J connectivity index is 1.14. The molecule has 1 amide bonds. The van der Waals surface area contributed by atoms with Crippen molar-refractivity contribution in [1.29, 1.82) is 0 Å². The first-order valence-electron chi connectivity index (χ1n) is 8.86. The van der Waals surface area contributed by atoms with E-state index in [0.717, 1.165) is 25.4 Å². The van der Waals surface area contributed by atoms with Crippen LogP contribution in [0.5, 0.6) is 0 Å². The third kappa shape index (κ3) is 2.74. The molecule has 1 saturated carbocycles. The van der Waals surface area contributed by atoms with E-state index >= 15 is 0 Å². The van der Waals surface area contributed by atoms with Crippen molar-refractivity contribution < 1.29 is 9.21 Å². The highest BCUT2D eigenvalue weighted by atomic mass is 16.3. The molecule has 3 aromatic rings. The van der Waals surface area contributed by atoms with Crippen molar-refractivity contribution >= 4 is 16.8 Å². The van der Waals surface area contributed by atoms with Gasteiger partial charge in [-0.3, -0.25) is 9.69 Å². The first-order chi connectivity index (χ1) is 12.3. The number of hydrogen-bond acceptors (Lipinski definition) is 3. The van der Waals surface area contributed by atoms with Crippen LogP contribution in [0.3, 0.4) is 0 Å². The molecular formula is C20H21N3O2. The van der Waals surface area contributed by atoms with Gasteiger partial charge in [-0.1, -0.05) is 6.07 Å². The van der Waals surface area contributed by atoms with Gasteiger partial charge < -0.3 is 14.7 Å². The number of nitrogens with one attached hydrogen (secondary N) is 2. The van der Waals surface area contributed by atoms with E-state index in [1.807, 2.05) is 18.3 Å². The Hall–Kier alpha value is -2.53. The number of carbonyl (C=O) groups is 1. The summed E-state index contributed by atoms with van der Waals surface area (Å²) in [5, 5.41) is 4.26. The SMILES string of the molecule is O=C(NCc1ccco1)C1[C@H]2CN(Cc3ccc4[nH]ccc4c3)C[C@@H]12. The molecule has 2 fully saturated rings. The molecule has 1 unspecified atom stereocenters. The highest BCUT2D eigenvalue weighted by Crippen LogP contribution is 2.52. The van der Waals surface area contributed by atoms with E-state index in [4.69, 9.17) is 4.42 Å². The van der Waals surface area contributed by atoms with E-state index in [2.05, 4.69) is 39.5 Å². The van der Waals surface area contributed by atoms with Gasteiger partial charge in [0.15, 0.2) is 0 Å². The number of piperidine rings is 1. The van der Waals surface area contributed by atoms with Crippen molar-refractivity contribution in [3.8, 4) is 0 Å². The van der Waals surface area contributed by atoms with Crippen molar-refractivity contribution in [2.24, 2.45) is 17.8 Å². The van der Waals surface area contributed by atoms with E-state index in [0.29, 0.717) is 18.4 Å². The Kier molecular flexibility index (Phi) is 3.41. The topological polar surface area (TPSA) is 61.3 Å². The van der Waals surface area contributed by atoms with Crippen LogP contribution in [0.1, 0.15) is 11.3 Å². The summed E-state index contributed by atoms with van der Waals surface area (Å²) in [7, 11) is 0. The summed E-state index contributed by atoms with van der Waals surface area (Å²) in [6.07, 6.45) is 3.61. The molecule has 3 atom stereocenters. The molecule has 1 aliphatic heterocycles. The molecule has 2 N–H and O–H groups in total. The number of aromatic amines is 1. The Morgan fingerprint density at radius 1 is 1.24 bits per heavy atom. The van der Waals surface area contributed by atoms with Crippen molar-refractivity contribution in [2.45, 2.75) is 13.1 Å². The van der Waals surface area contributed by atoms with Crippen LogP contribution in [0.15, 0.2) is 53.3 Å². The lowest BCUT2D eigenvalue weighted by Gasteiger charge is -2.19. The lowest BCUT2D eigenvalue weighted by Crippen LogP contribution is -2.31. The van der Waals surface area contributed by atoms with Gasteiger partial charge in [0.1, 0.15) is 5.76 Å². The van der Waals surface area contributed by atoms with Gasteiger partial charge in [-0.2, -0.15) is 0 Å². The largest absolute Gasteiger partial charge is 0.467 e. The van der Waals surface area contributed by atoms with Crippen molar-refractivity contribution in [1.82, 2.24) is 15.2 Å². The molecule has 25 heavy (non-hydrogen) atoms. The molecule has 5 heteroatoms. The predicted octanol–water partition coefficient (Wildman–Crippen LogP) is 2.76. The molecule has 5 nitrogen and oxygen atoms in total. The van der Waals surface area contributed by atoms with Crippen LogP contribution >= 0.6 is 0 Å². The van der Waals surface area contributed by atoms with Crippen LogP contribution in [0, 0.1) is 17.8 Å². The molecule has 1 aromatic carbocycles. The van der Waals surface area contributed by atoms with E-state index in [-0.39, 0.29) is 11.8 Å². The minimum atomic E-state index is 0.180. The van der Waals surface area contributed by atoms with Crippen LogP contribution in [-0.4, -0.2) is 28.9 Å². The number of nitrogens with zero attached hydrogens (tertiary/aromatic N) is 1. The summed E-state index contributed by atoms with van der Waals surface area (Å²) in [6, 6.07) is 12.4. The molecule has 3 heterocycles. The molecule has 0 radical (unpaired) electrons. The van der Waals surface area contributed by atoms with Gasteiger partial charge in [-0.25, -0.2) is 0 Å². The Morgan fingerprint density at radius 2 is 2.12 bits per heavy atom. The average Bonchev–Trinajstić information content (AvgIpc) is 3.12. The third-order valence-electron chi connectivity index (χ3n) is 5.61. The van der Waals surface area contributed by atoms with E-state index in [1.165, 1.54) is 16.5 Å². The fourth-order valence-corrected chi connectivity index (χ4v) is 4.30. The van der Waals surface area contributed by atoms with E-state index in [1.54, 1.807) is 6.26 Å². The smallest absolute Gasteiger partial charge is 0.224 e.